The largest absolute Gasteiger partial charge is 0.469 e. The first kappa shape index (κ1) is 20.9. The molecule has 0 saturated carbocycles. The monoisotopic (exact) mass is 309 g/mol. The van der Waals surface area contributed by atoms with E-state index in [-0.39, 0.29) is 12.6 Å². The lowest BCUT2D eigenvalue weighted by atomic mass is 10.1. The topological polar surface area (TPSA) is 46.2 Å². The van der Waals surface area contributed by atoms with Crippen molar-refractivity contribution in [3.05, 3.63) is 24.3 Å². The summed E-state index contributed by atoms with van der Waals surface area (Å²) >= 11 is 0. The molecule has 0 aromatic rings. The molecule has 0 saturated heterocycles. The molecule has 0 fully saturated rings. The zero-order valence-electron chi connectivity index (χ0n) is 14.2. The van der Waals surface area contributed by atoms with Crippen molar-refractivity contribution in [1.29, 1.82) is 0 Å². The predicted molar refractivity (Wildman–Crippen MR) is 91.3 cm³/mol. The quantitative estimate of drug-likeness (QED) is 0.231. The molecule has 0 aliphatic heterocycles. The van der Waals surface area contributed by atoms with Gasteiger partial charge in [0.2, 0.25) is 0 Å². The third kappa shape index (κ3) is 17.0. The van der Waals surface area contributed by atoms with Crippen LogP contribution in [0.1, 0.15) is 77.0 Å². The summed E-state index contributed by atoms with van der Waals surface area (Å²) < 4.78 is 4.61. The summed E-state index contributed by atoms with van der Waals surface area (Å²) in [6, 6.07) is 0. The molecule has 127 valence electrons. The minimum absolute atomic E-state index is 0.0672. The number of carbonyl (C=O) groups excluding carboxylic acids is 1. The molecule has 0 aliphatic rings. The number of hydrogen-bond donors (Lipinski definition) is 0. The van der Waals surface area contributed by atoms with Gasteiger partial charge in [0.25, 0.3) is 0 Å². The third-order valence-corrected chi connectivity index (χ3v) is 3.60. The molecule has 0 aromatic carbocycles. The van der Waals surface area contributed by atoms with Crippen LogP contribution < -0.4 is 0 Å². The first-order chi connectivity index (χ1) is 10.8. The fourth-order valence-electron chi connectivity index (χ4n) is 2.21. The van der Waals surface area contributed by atoms with Gasteiger partial charge in [-0.05, 0) is 44.9 Å². The molecule has 22 heavy (non-hydrogen) atoms. The van der Waals surface area contributed by atoms with Gasteiger partial charge in [0.05, 0.1) is 13.7 Å². The molecule has 3 heteroatoms. The van der Waals surface area contributed by atoms with Gasteiger partial charge in [0, 0.05) is 6.42 Å². The maximum absolute atomic E-state index is 10.9. The molecule has 1 radical (unpaired) electrons. The van der Waals surface area contributed by atoms with Gasteiger partial charge < -0.3 is 4.74 Å². The summed E-state index contributed by atoms with van der Waals surface area (Å²) in [5, 5.41) is 10.3. The van der Waals surface area contributed by atoms with E-state index in [0.29, 0.717) is 6.42 Å². The van der Waals surface area contributed by atoms with Crippen LogP contribution in [-0.4, -0.2) is 19.7 Å². The Hall–Kier alpha value is -1.09. The van der Waals surface area contributed by atoms with E-state index in [1.54, 1.807) is 0 Å². The summed E-state index contributed by atoms with van der Waals surface area (Å²) in [4.78, 5) is 10.9. The van der Waals surface area contributed by atoms with E-state index in [1.807, 2.05) is 0 Å². The molecule has 0 bridgehead atoms. The smallest absolute Gasteiger partial charge is 0.305 e. The second-order valence-corrected chi connectivity index (χ2v) is 5.61. The molecule has 0 N–H and O–H groups in total. The Bertz CT molecular complexity index is 295. The highest BCUT2D eigenvalue weighted by atomic mass is 16.5. The van der Waals surface area contributed by atoms with E-state index in [0.717, 1.165) is 51.4 Å². The second-order valence-electron chi connectivity index (χ2n) is 5.61. The number of allylic oxidation sites excluding steroid dienone is 4. The lowest BCUT2D eigenvalue weighted by Crippen LogP contribution is -1.98. The van der Waals surface area contributed by atoms with Crippen molar-refractivity contribution in [2.24, 2.45) is 0 Å². The van der Waals surface area contributed by atoms with Gasteiger partial charge in [-0.25, -0.2) is 5.11 Å². The van der Waals surface area contributed by atoms with Crippen molar-refractivity contribution in [3.63, 3.8) is 0 Å². The van der Waals surface area contributed by atoms with E-state index in [2.05, 4.69) is 29.0 Å². The number of methoxy groups -OCH3 is 1. The molecule has 0 heterocycles. The van der Waals surface area contributed by atoms with E-state index >= 15 is 0 Å². The van der Waals surface area contributed by atoms with Gasteiger partial charge in [-0.3, -0.25) is 4.79 Å². The fraction of sp³-hybridized carbons (Fsp3) is 0.737. The van der Waals surface area contributed by atoms with Crippen LogP contribution >= 0.6 is 0 Å². The molecule has 3 nitrogen and oxygen atoms in total. The van der Waals surface area contributed by atoms with Gasteiger partial charge in [-0.1, -0.05) is 50.0 Å². The highest BCUT2D eigenvalue weighted by Crippen LogP contribution is 2.08. The Morgan fingerprint density at radius 3 is 1.91 bits per heavy atom. The molecule has 0 rings (SSSR count). The first-order valence-electron chi connectivity index (χ1n) is 8.76. The zero-order chi connectivity index (χ0) is 16.3. The van der Waals surface area contributed by atoms with Gasteiger partial charge in [-0.15, -0.1) is 0 Å². The van der Waals surface area contributed by atoms with Crippen molar-refractivity contribution in [1.82, 2.24) is 0 Å². The summed E-state index contributed by atoms with van der Waals surface area (Å²) in [5.41, 5.74) is 0. The average molecular weight is 309 g/mol. The summed E-state index contributed by atoms with van der Waals surface area (Å²) in [6.07, 6.45) is 21.5. The normalized spacial score (nSPS) is 11.5. The van der Waals surface area contributed by atoms with Crippen molar-refractivity contribution in [2.45, 2.75) is 77.0 Å². The van der Waals surface area contributed by atoms with Crippen LogP contribution in [0.5, 0.6) is 0 Å². The van der Waals surface area contributed by atoms with Gasteiger partial charge in [-0.2, -0.15) is 0 Å². The molecule has 0 aromatic heterocycles. The van der Waals surface area contributed by atoms with E-state index in [9.17, 15) is 9.90 Å². The first-order valence-corrected chi connectivity index (χ1v) is 8.76. The predicted octanol–water partition coefficient (Wildman–Crippen LogP) is 5.38. The van der Waals surface area contributed by atoms with Crippen molar-refractivity contribution in [2.75, 3.05) is 13.7 Å². The van der Waals surface area contributed by atoms with E-state index in [4.69, 9.17) is 0 Å². The van der Waals surface area contributed by atoms with Crippen LogP contribution in [0.3, 0.4) is 0 Å². The minimum atomic E-state index is -0.0959. The minimum Gasteiger partial charge on any atom is -0.469 e. The molecule has 0 atom stereocenters. The van der Waals surface area contributed by atoms with Crippen LogP contribution in [0.15, 0.2) is 24.3 Å². The fourth-order valence-corrected chi connectivity index (χ4v) is 2.21. The molecule has 0 amide bonds. The van der Waals surface area contributed by atoms with Crippen molar-refractivity contribution < 1.29 is 14.6 Å². The highest BCUT2D eigenvalue weighted by molar-refractivity contribution is 5.68. The number of carbonyl (C=O) groups is 1. The van der Waals surface area contributed by atoms with Crippen LogP contribution in [0.2, 0.25) is 0 Å². The number of rotatable bonds is 15. The maximum Gasteiger partial charge on any atom is 0.305 e. The van der Waals surface area contributed by atoms with Crippen LogP contribution in [-0.2, 0) is 14.6 Å². The van der Waals surface area contributed by atoms with E-state index in [1.165, 1.54) is 26.4 Å². The number of hydrogen-bond acceptors (Lipinski definition) is 2. The standard InChI is InChI=1S/C19H33O3/c1-22-19(21)17-15-13-11-9-7-5-3-2-4-6-8-10-12-14-16-18-20/h2-3,6,8H,4-5,7,9-18H2,1H3/b3-2-,8-6-. The summed E-state index contributed by atoms with van der Waals surface area (Å²) in [7, 11) is 1.44. The summed E-state index contributed by atoms with van der Waals surface area (Å²) in [6.45, 7) is 0.0672. The Labute approximate surface area is 136 Å². The summed E-state index contributed by atoms with van der Waals surface area (Å²) in [5.74, 6) is -0.0959. The Morgan fingerprint density at radius 1 is 0.773 bits per heavy atom. The highest BCUT2D eigenvalue weighted by Gasteiger charge is 1.98. The van der Waals surface area contributed by atoms with Crippen LogP contribution in [0.25, 0.3) is 0 Å². The van der Waals surface area contributed by atoms with Gasteiger partial charge in [0.15, 0.2) is 0 Å². The molecule has 0 aliphatic carbocycles. The lowest BCUT2D eigenvalue weighted by molar-refractivity contribution is -0.140. The number of esters is 1. The van der Waals surface area contributed by atoms with Crippen LogP contribution in [0.4, 0.5) is 0 Å². The molecule has 0 unspecified atom stereocenters. The second kappa shape index (κ2) is 18.0. The number of ether oxygens (including phenoxy) is 1. The molecular weight excluding hydrogens is 276 g/mol. The Balaban J connectivity index is 3.20. The Kier molecular flexibility index (Phi) is 17.1. The Morgan fingerprint density at radius 2 is 1.32 bits per heavy atom. The maximum atomic E-state index is 10.9. The van der Waals surface area contributed by atoms with E-state index < -0.39 is 0 Å². The van der Waals surface area contributed by atoms with Gasteiger partial charge in [0.1, 0.15) is 0 Å². The SMILES string of the molecule is COC(=O)CCCCCCC/C=C\C/C=C\CCCCC[O]. The third-order valence-electron chi connectivity index (χ3n) is 3.60. The molecule has 0 spiro atoms. The van der Waals surface area contributed by atoms with Crippen molar-refractivity contribution in [3.8, 4) is 0 Å². The van der Waals surface area contributed by atoms with Gasteiger partial charge >= 0.3 is 5.97 Å². The van der Waals surface area contributed by atoms with Crippen molar-refractivity contribution >= 4 is 5.97 Å². The zero-order valence-corrected chi connectivity index (χ0v) is 14.2. The number of unbranched alkanes of at least 4 members (excludes halogenated alkanes) is 8. The average Bonchev–Trinajstić information content (AvgIpc) is 2.54. The molecular formula is C19H33O3. The van der Waals surface area contributed by atoms with Crippen LogP contribution in [0, 0.1) is 0 Å². The lowest BCUT2D eigenvalue weighted by Gasteiger charge is -1.99.